The zero-order chi connectivity index (χ0) is 22.0. The lowest BCUT2D eigenvalue weighted by molar-refractivity contribution is -0.119. The first kappa shape index (κ1) is 21.8. The number of anilines is 2. The highest BCUT2D eigenvalue weighted by molar-refractivity contribution is 5.99. The maximum Gasteiger partial charge on any atom is 0.330 e. The highest BCUT2D eigenvalue weighted by atomic mass is 19.1. The van der Waals surface area contributed by atoms with Gasteiger partial charge in [-0.15, -0.1) is 0 Å². The Kier molecular flexibility index (Phi) is 6.43. The van der Waals surface area contributed by atoms with Gasteiger partial charge in [0, 0.05) is 19.0 Å². The number of benzene rings is 1. The largest absolute Gasteiger partial charge is 0.383 e. The molecule has 7 nitrogen and oxygen atoms in total. The van der Waals surface area contributed by atoms with Gasteiger partial charge in [-0.25, -0.2) is 9.18 Å². The third-order valence-corrected chi connectivity index (χ3v) is 5.45. The molecule has 1 aliphatic carbocycles. The Morgan fingerprint density at radius 1 is 1.33 bits per heavy atom. The van der Waals surface area contributed by atoms with E-state index in [9.17, 15) is 18.8 Å². The number of aromatic nitrogens is 2. The maximum atomic E-state index is 14.2. The SMILES string of the molecule is CCCCN(C(=O)C1CC1c1ccccc1F)c1c(N)n(CC(C)C)c(=O)[nH]c1=O. The van der Waals surface area contributed by atoms with Crippen LogP contribution in [0.2, 0.25) is 0 Å². The molecular formula is C22H29FN4O3. The lowest BCUT2D eigenvalue weighted by atomic mass is 10.1. The number of nitrogens with one attached hydrogen (secondary N) is 1. The van der Waals surface area contributed by atoms with Crippen LogP contribution in [0.4, 0.5) is 15.9 Å². The lowest BCUT2D eigenvalue weighted by Crippen LogP contribution is -2.42. The molecule has 3 N–H and O–H groups in total. The molecule has 0 saturated heterocycles. The second-order valence-corrected chi connectivity index (χ2v) is 8.31. The van der Waals surface area contributed by atoms with Crippen LogP contribution >= 0.6 is 0 Å². The van der Waals surface area contributed by atoms with Crippen molar-refractivity contribution in [3.63, 3.8) is 0 Å². The molecule has 1 fully saturated rings. The zero-order valence-electron chi connectivity index (χ0n) is 17.7. The average molecular weight is 416 g/mol. The van der Waals surface area contributed by atoms with Gasteiger partial charge in [-0.1, -0.05) is 45.4 Å². The molecule has 2 aromatic rings. The van der Waals surface area contributed by atoms with Crippen LogP contribution in [-0.2, 0) is 11.3 Å². The number of aromatic amines is 1. The number of hydrogen-bond donors (Lipinski definition) is 2. The average Bonchev–Trinajstić information content (AvgIpc) is 3.48. The maximum absolute atomic E-state index is 14.2. The minimum Gasteiger partial charge on any atom is -0.383 e. The van der Waals surface area contributed by atoms with Crippen LogP contribution < -0.4 is 21.9 Å². The molecule has 0 spiro atoms. The molecule has 30 heavy (non-hydrogen) atoms. The van der Waals surface area contributed by atoms with Crippen molar-refractivity contribution >= 4 is 17.4 Å². The Morgan fingerprint density at radius 3 is 2.67 bits per heavy atom. The molecule has 1 saturated carbocycles. The standard InChI is InChI=1S/C22H29FN4O3/c1-4-5-10-26(18-19(24)27(12-13(2)3)22(30)25-20(18)28)21(29)16-11-15(16)14-8-6-7-9-17(14)23/h6-9,13,15-16H,4-5,10-12,24H2,1-3H3,(H,25,28,30). The molecule has 1 aromatic heterocycles. The van der Waals surface area contributed by atoms with Crippen LogP contribution in [0.25, 0.3) is 0 Å². The van der Waals surface area contributed by atoms with Crippen molar-refractivity contribution in [2.45, 2.75) is 52.5 Å². The number of halogens is 1. The van der Waals surface area contributed by atoms with Gasteiger partial charge < -0.3 is 10.6 Å². The normalized spacial score (nSPS) is 17.9. The van der Waals surface area contributed by atoms with Crippen LogP contribution in [0, 0.1) is 17.7 Å². The molecule has 1 heterocycles. The van der Waals surface area contributed by atoms with Gasteiger partial charge in [0.05, 0.1) is 0 Å². The number of nitrogens with zero attached hydrogens (tertiary/aromatic N) is 2. The summed E-state index contributed by atoms with van der Waals surface area (Å²) in [4.78, 5) is 41.9. The van der Waals surface area contributed by atoms with Crippen LogP contribution in [0.5, 0.6) is 0 Å². The van der Waals surface area contributed by atoms with Gasteiger partial charge in [0.25, 0.3) is 5.56 Å². The molecule has 2 atom stereocenters. The minimum atomic E-state index is -0.676. The monoisotopic (exact) mass is 416 g/mol. The summed E-state index contributed by atoms with van der Waals surface area (Å²) in [5, 5.41) is 0. The van der Waals surface area contributed by atoms with E-state index in [4.69, 9.17) is 5.73 Å². The topological polar surface area (TPSA) is 101 Å². The first-order valence-electron chi connectivity index (χ1n) is 10.4. The van der Waals surface area contributed by atoms with E-state index >= 15 is 0 Å². The summed E-state index contributed by atoms with van der Waals surface area (Å²) < 4.78 is 15.5. The van der Waals surface area contributed by atoms with E-state index in [1.165, 1.54) is 15.5 Å². The second kappa shape index (κ2) is 8.85. The Labute approximate surface area is 174 Å². The van der Waals surface area contributed by atoms with Gasteiger partial charge >= 0.3 is 5.69 Å². The second-order valence-electron chi connectivity index (χ2n) is 8.31. The number of carbonyl (C=O) groups excluding carboxylic acids is 1. The van der Waals surface area contributed by atoms with Crippen molar-refractivity contribution in [3.8, 4) is 0 Å². The molecule has 8 heteroatoms. The molecular weight excluding hydrogens is 387 g/mol. The number of amides is 1. The highest BCUT2D eigenvalue weighted by Crippen LogP contribution is 2.49. The lowest BCUT2D eigenvalue weighted by Gasteiger charge is -2.25. The third kappa shape index (κ3) is 4.32. The van der Waals surface area contributed by atoms with E-state index in [1.807, 2.05) is 20.8 Å². The molecule has 1 amide bonds. The fraction of sp³-hybridized carbons (Fsp3) is 0.500. The van der Waals surface area contributed by atoms with Gasteiger partial charge in [-0.05, 0) is 36.3 Å². The van der Waals surface area contributed by atoms with Crippen LogP contribution in [-0.4, -0.2) is 22.0 Å². The quantitative estimate of drug-likeness (QED) is 0.691. The van der Waals surface area contributed by atoms with E-state index in [1.54, 1.807) is 18.2 Å². The molecule has 0 aliphatic heterocycles. The van der Waals surface area contributed by atoms with Gasteiger partial charge in [0.2, 0.25) is 5.91 Å². The van der Waals surface area contributed by atoms with Gasteiger partial charge in [-0.3, -0.25) is 19.1 Å². The molecule has 0 bridgehead atoms. The fourth-order valence-electron chi connectivity index (χ4n) is 3.82. The first-order chi connectivity index (χ1) is 14.3. The van der Waals surface area contributed by atoms with E-state index in [0.29, 0.717) is 31.5 Å². The Morgan fingerprint density at radius 2 is 2.03 bits per heavy atom. The molecule has 3 rings (SSSR count). The van der Waals surface area contributed by atoms with Crippen molar-refractivity contribution in [1.82, 2.24) is 9.55 Å². The van der Waals surface area contributed by atoms with E-state index < -0.39 is 17.2 Å². The van der Waals surface area contributed by atoms with Crippen molar-refractivity contribution < 1.29 is 9.18 Å². The Balaban J connectivity index is 1.98. The summed E-state index contributed by atoms with van der Waals surface area (Å²) in [6.45, 7) is 6.48. The number of nitrogen functional groups attached to an aromatic ring is 1. The summed E-state index contributed by atoms with van der Waals surface area (Å²) in [5.41, 5.74) is 5.48. The predicted molar refractivity (Wildman–Crippen MR) is 115 cm³/mol. The van der Waals surface area contributed by atoms with E-state index in [0.717, 1.165) is 6.42 Å². The van der Waals surface area contributed by atoms with Crippen molar-refractivity contribution in [2.24, 2.45) is 11.8 Å². The van der Waals surface area contributed by atoms with Crippen molar-refractivity contribution in [3.05, 3.63) is 56.5 Å². The Bertz CT molecular complexity index is 1040. The minimum absolute atomic E-state index is 0.00730. The molecule has 1 aromatic carbocycles. The van der Waals surface area contributed by atoms with Crippen molar-refractivity contribution in [2.75, 3.05) is 17.2 Å². The smallest absolute Gasteiger partial charge is 0.330 e. The highest BCUT2D eigenvalue weighted by Gasteiger charge is 2.47. The van der Waals surface area contributed by atoms with Crippen LogP contribution in [0.1, 0.15) is 51.5 Å². The molecule has 162 valence electrons. The third-order valence-electron chi connectivity index (χ3n) is 5.45. The number of hydrogen-bond acceptors (Lipinski definition) is 4. The zero-order valence-corrected chi connectivity index (χ0v) is 17.7. The molecule has 2 unspecified atom stereocenters. The van der Waals surface area contributed by atoms with Gasteiger partial charge in [0.1, 0.15) is 11.6 Å². The van der Waals surface area contributed by atoms with Gasteiger partial charge in [0.15, 0.2) is 5.69 Å². The van der Waals surface area contributed by atoms with Gasteiger partial charge in [-0.2, -0.15) is 0 Å². The van der Waals surface area contributed by atoms with Crippen LogP contribution in [0.15, 0.2) is 33.9 Å². The fourth-order valence-corrected chi connectivity index (χ4v) is 3.82. The number of rotatable bonds is 8. The first-order valence-corrected chi connectivity index (χ1v) is 10.4. The van der Waals surface area contributed by atoms with Crippen LogP contribution in [0.3, 0.4) is 0 Å². The summed E-state index contributed by atoms with van der Waals surface area (Å²) in [6.07, 6.45) is 2.01. The molecule has 1 aliphatic rings. The summed E-state index contributed by atoms with van der Waals surface area (Å²) in [6, 6.07) is 6.43. The predicted octanol–water partition coefficient (Wildman–Crippen LogP) is 2.85. The Hall–Kier alpha value is -2.90. The van der Waals surface area contributed by atoms with Crippen molar-refractivity contribution in [1.29, 1.82) is 0 Å². The van der Waals surface area contributed by atoms with E-state index in [2.05, 4.69) is 4.98 Å². The number of carbonyl (C=O) groups is 1. The number of nitrogens with two attached hydrogens (primary N) is 1. The molecule has 0 radical (unpaired) electrons. The number of unbranched alkanes of at least 4 members (excludes halogenated alkanes) is 1. The summed E-state index contributed by atoms with van der Waals surface area (Å²) >= 11 is 0. The summed E-state index contributed by atoms with van der Waals surface area (Å²) in [5.74, 6) is -1.11. The number of H-pyrrole nitrogens is 1. The summed E-state index contributed by atoms with van der Waals surface area (Å²) in [7, 11) is 0. The van der Waals surface area contributed by atoms with E-state index in [-0.39, 0.29) is 35.1 Å².